The number of para-hydroxylation sites is 1. The summed E-state index contributed by atoms with van der Waals surface area (Å²) in [5.41, 5.74) is 4.36. The van der Waals surface area contributed by atoms with E-state index in [1.165, 1.54) is 12.0 Å². The number of nitrogens with one attached hydrogen (secondary N) is 3. The maximum Gasteiger partial charge on any atom is 0.338 e. The van der Waals surface area contributed by atoms with Gasteiger partial charge in [-0.25, -0.2) is 4.79 Å². The molecule has 0 bridgehead atoms. The molecule has 0 saturated carbocycles. The first kappa shape index (κ1) is 35.4. The van der Waals surface area contributed by atoms with Gasteiger partial charge in [0.05, 0.1) is 6.04 Å². The number of H-pyrrole nitrogens is 1. The highest BCUT2D eigenvalue weighted by Gasteiger charge is 2.38. The molecule has 0 fully saturated rings. The van der Waals surface area contributed by atoms with E-state index >= 15 is 0 Å². The molecular weight excluding hydrogens is 596 g/mol. The lowest BCUT2D eigenvalue weighted by atomic mass is 9.95. The molecule has 2 heterocycles. The van der Waals surface area contributed by atoms with Crippen LogP contribution in [0.4, 0.5) is 0 Å². The quantitative estimate of drug-likeness (QED) is 0.277. The summed E-state index contributed by atoms with van der Waals surface area (Å²) < 4.78 is 11.7. The molecule has 7 unspecified atom stereocenters. The molecule has 2 aromatic carbocycles. The number of esters is 1. The van der Waals surface area contributed by atoms with E-state index < -0.39 is 54.0 Å². The van der Waals surface area contributed by atoms with Gasteiger partial charge in [-0.2, -0.15) is 0 Å². The van der Waals surface area contributed by atoms with Gasteiger partial charge >= 0.3 is 5.97 Å². The summed E-state index contributed by atoms with van der Waals surface area (Å²) in [6.45, 7) is 11.1. The molecule has 0 spiro atoms. The fourth-order valence-corrected chi connectivity index (χ4v) is 6.10. The third-order valence-electron chi connectivity index (χ3n) is 9.12. The van der Waals surface area contributed by atoms with Gasteiger partial charge in [-0.1, -0.05) is 73.5 Å². The number of hydrogen-bond donors (Lipinski definition) is 3. The minimum absolute atomic E-state index is 0.160. The van der Waals surface area contributed by atoms with Gasteiger partial charge in [0.25, 0.3) is 0 Å². The Bertz CT molecular complexity index is 1610. The van der Waals surface area contributed by atoms with Crippen LogP contribution in [0.3, 0.4) is 0 Å². The number of methoxy groups -OCH3 is 1. The topological polar surface area (TPSA) is 130 Å². The molecular formula is C37H48N4O6. The standard InChI is InChI=1S/C37H48N4O6/c1-21-13-15-27(16-14-21)32-33(46-8)37(45)47-26(6)23(3)17-22(2)18-24(4)34(42)39-25(5)36(44)41(7)31(35(43)40-32)19-28-20-38-30-12-10-9-11-29(28)30/h9-17,20,23-26,31-33,38H,18-19H2,1-8H3,(H,39,42)(H,40,43)/b22-17+. The molecule has 252 valence electrons. The summed E-state index contributed by atoms with van der Waals surface area (Å²) in [6.07, 6.45) is 2.79. The van der Waals surface area contributed by atoms with Crippen molar-refractivity contribution in [1.82, 2.24) is 20.5 Å². The van der Waals surface area contributed by atoms with Gasteiger partial charge in [-0.05, 0) is 51.3 Å². The first-order chi connectivity index (χ1) is 22.3. The van der Waals surface area contributed by atoms with Gasteiger partial charge in [-0.15, -0.1) is 0 Å². The van der Waals surface area contributed by atoms with Gasteiger partial charge in [0.1, 0.15) is 18.2 Å². The molecule has 1 aliphatic heterocycles. The lowest BCUT2D eigenvalue weighted by Crippen LogP contribution is -2.56. The molecule has 10 nitrogen and oxygen atoms in total. The Labute approximate surface area is 277 Å². The number of aryl methyl sites for hydroxylation is 1. The van der Waals surface area contributed by atoms with Crippen LogP contribution in [0, 0.1) is 18.8 Å². The third-order valence-corrected chi connectivity index (χ3v) is 9.12. The molecule has 47 heavy (non-hydrogen) atoms. The molecule has 1 aromatic heterocycles. The fraction of sp³-hybridized carbons (Fsp3) is 0.459. The average molecular weight is 645 g/mol. The van der Waals surface area contributed by atoms with Crippen molar-refractivity contribution in [3.8, 4) is 0 Å². The van der Waals surface area contributed by atoms with E-state index in [2.05, 4.69) is 15.6 Å². The molecule has 0 saturated heterocycles. The van der Waals surface area contributed by atoms with E-state index in [0.29, 0.717) is 12.0 Å². The largest absolute Gasteiger partial charge is 0.460 e. The van der Waals surface area contributed by atoms with E-state index in [4.69, 9.17) is 9.47 Å². The molecule has 10 heteroatoms. The van der Waals surface area contributed by atoms with Crippen molar-refractivity contribution >= 4 is 34.6 Å². The van der Waals surface area contributed by atoms with E-state index in [9.17, 15) is 19.2 Å². The third kappa shape index (κ3) is 8.48. The summed E-state index contributed by atoms with van der Waals surface area (Å²) in [4.78, 5) is 59.8. The predicted octanol–water partition coefficient (Wildman–Crippen LogP) is 4.78. The van der Waals surface area contributed by atoms with Gasteiger partial charge in [0.15, 0.2) is 6.10 Å². The number of amides is 3. The molecule has 7 atom stereocenters. The van der Waals surface area contributed by atoms with E-state index in [1.54, 1.807) is 14.0 Å². The average Bonchev–Trinajstić information content (AvgIpc) is 3.45. The lowest BCUT2D eigenvalue weighted by Gasteiger charge is -2.33. The molecule has 1 aliphatic rings. The van der Waals surface area contributed by atoms with Crippen LogP contribution in [0.1, 0.15) is 63.8 Å². The molecule has 3 amide bonds. The zero-order chi connectivity index (χ0) is 34.4. The second kappa shape index (κ2) is 15.4. The monoisotopic (exact) mass is 644 g/mol. The smallest absolute Gasteiger partial charge is 0.338 e. The first-order valence-electron chi connectivity index (χ1n) is 16.2. The molecule has 4 rings (SSSR count). The highest BCUT2D eigenvalue weighted by molar-refractivity contribution is 5.93. The summed E-state index contributed by atoms with van der Waals surface area (Å²) in [7, 11) is 2.97. The number of aromatic amines is 1. The Morgan fingerprint density at radius 2 is 1.60 bits per heavy atom. The zero-order valence-corrected chi connectivity index (χ0v) is 28.6. The summed E-state index contributed by atoms with van der Waals surface area (Å²) in [5, 5.41) is 6.83. The van der Waals surface area contributed by atoms with Gasteiger partial charge in [0.2, 0.25) is 17.7 Å². The maximum atomic E-state index is 14.4. The summed E-state index contributed by atoms with van der Waals surface area (Å²) in [6, 6.07) is 12.4. The van der Waals surface area contributed by atoms with Crippen LogP contribution in [-0.2, 0) is 35.1 Å². The summed E-state index contributed by atoms with van der Waals surface area (Å²) in [5.74, 6) is -2.36. The van der Waals surface area contributed by atoms with Crippen molar-refractivity contribution in [2.75, 3.05) is 14.2 Å². The van der Waals surface area contributed by atoms with Gasteiger partial charge in [-0.3, -0.25) is 14.4 Å². The normalized spacial score (nSPS) is 28.5. The minimum atomic E-state index is -1.17. The minimum Gasteiger partial charge on any atom is -0.460 e. The van der Waals surface area contributed by atoms with Crippen LogP contribution in [0.25, 0.3) is 10.9 Å². The first-order valence-corrected chi connectivity index (χ1v) is 16.2. The van der Waals surface area contributed by atoms with Crippen LogP contribution in [-0.4, -0.2) is 72.0 Å². The number of nitrogens with zero attached hydrogens (tertiary/aromatic N) is 1. The molecule has 3 N–H and O–H groups in total. The SMILES string of the molecule is COC1C(=O)OC(C)C(C)/C=C(\C)CC(C)C(=O)NC(C)C(=O)N(C)C(Cc2c[nH]c3ccccc23)C(=O)NC1c1ccc(C)cc1. The Balaban J connectivity index is 1.80. The second-order valence-electron chi connectivity index (χ2n) is 12.9. The summed E-state index contributed by atoms with van der Waals surface area (Å²) >= 11 is 0. The van der Waals surface area contributed by atoms with Crippen LogP contribution in [0.5, 0.6) is 0 Å². The fourth-order valence-electron chi connectivity index (χ4n) is 6.10. The number of ether oxygens (including phenoxy) is 2. The van der Waals surface area contributed by atoms with Crippen molar-refractivity contribution in [1.29, 1.82) is 0 Å². The van der Waals surface area contributed by atoms with Crippen LogP contribution in [0.15, 0.2) is 66.4 Å². The molecule has 0 radical (unpaired) electrons. The Morgan fingerprint density at radius 3 is 2.28 bits per heavy atom. The molecule has 3 aromatic rings. The van der Waals surface area contributed by atoms with E-state index in [0.717, 1.165) is 27.6 Å². The van der Waals surface area contributed by atoms with Crippen LogP contribution >= 0.6 is 0 Å². The number of cyclic esters (lactones) is 1. The van der Waals surface area contributed by atoms with Crippen molar-refractivity contribution in [3.05, 3.63) is 83.1 Å². The van der Waals surface area contributed by atoms with Crippen LogP contribution in [0.2, 0.25) is 0 Å². The number of carbonyl (C=O) groups is 4. The number of benzene rings is 2. The van der Waals surface area contributed by atoms with E-state index in [-0.39, 0.29) is 18.2 Å². The number of carbonyl (C=O) groups excluding carboxylic acids is 4. The molecule has 0 aliphatic carbocycles. The Kier molecular flexibility index (Phi) is 11.6. The van der Waals surface area contributed by atoms with Gasteiger partial charge in [0, 0.05) is 49.5 Å². The number of hydrogen-bond acceptors (Lipinski definition) is 6. The number of rotatable bonds is 4. The Hall–Kier alpha value is -4.44. The zero-order valence-electron chi connectivity index (χ0n) is 28.6. The van der Waals surface area contributed by atoms with Crippen molar-refractivity contribution < 1.29 is 28.7 Å². The highest BCUT2D eigenvalue weighted by Crippen LogP contribution is 2.26. The predicted molar refractivity (Wildman–Crippen MR) is 181 cm³/mol. The Morgan fingerprint density at radius 1 is 0.915 bits per heavy atom. The van der Waals surface area contributed by atoms with Crippen molar-refractivity contribution in [2.45, 2.75) is 84.7 Å². The highest BCUT2D eigenvalue weighted by atomic mass is 16.6. The lowest BCUT2D eigenvalue weighted by molar-refractivity contribution is -0.164. The number of likely N-dealkylation sites (N-methyl/N-ethyl adjacent to an activating group) is 1. The van der Waals surface area contributed by atoms with E-state index in [1.807, 2.05) is 95.4 Å². The number of aromatic nitrogens is 1. The number of allylic oxidation sites excluding steroid dienone is 1. The number of fused-ring (bicyclic) bond motifs is 1. The van der Waals surface area contributed by atoms with Crippen LogP contribution < -0.4 is 10.6 Å². The maximum absolute atomic E-state index is 14.4. The van der Waals surface area contributed by atoms with Gasteiger partial charge < -0.3 is 30.0 Å². The second-order valence-corrected chi connectivity index (χ2v) is 12.9. The van der Waals surface area contributed by atoms with Crippen molar-refractivity contribution in [3.63, 3.8) is 0 Å². The van der Waals surface area contributed by atoms with Crippen molar-refractivity contribution in [2.24, 2.45) is 11.8 Å².